The topological polar surface area (TPSA) is 24.5 Å². The van der Waals surface area contributed by atoms with E-state index < -0.39 is 0 Å². The number of ether oxygens (including phenoxy) is 1. The molecule has 19 heavy (non-hydrogen) atoms. The van der Waals surface area contributed by atoms with Gasteiger partial charge in [-0.25, -0.2) is 0 Å². The molecule has 3 unspecified atom stereocenters. The predicted molar refractivity (Wildman–Crippen MR) is 80.5 cm³/mol. The molecule has 0 spiro atoms. The molecule has 0 aliphatic carbocycles. The van der Waals surface area contributed by atoms with Crippen molar-refractivity contribution in [2.24, 2.45) is 0 Å². The van der Waals surface area contributed by atoms with Gasteiger partial charge in [-0.15, -0.1) is 0 Å². The monoisotopic (exact) mass is 268 g/mol. The maximum absolute atomic E-state index is 6.18. The van der Waals surface area contributed by atoms with Gasteiger partial charge in [0.05, 0.1) is 11.7 Å². The molecule has 3 heteroatoms. The van der Waals surface area contributed by atoms with Crippen LogP contribution in [0.4, 0.5) is 0 Å². The lowest BCUT2D eigenvalue weighted by atomic mass is 10.0. The highest BCUT2D eigenvalue weighted by Gasteiger charge is 2.35. The lowest BCUT2D eigenvalue weighted by Crippen LogP contribution is -2.57. The minimum atomic E-state index is 0.100. The molecule has 1 N–H and O–H groups in total. The second-order valence-electron chi connectivity index (χ2n) is 6.95. The molecule has 2 aliphatic heterocycles. The zero-order valence-corrected chi connectivity index (χ0v) is 13.2. The second-order valence-corrected chi connectivity index (χ2v) is 6.95. The quantitative estimate of drug-likeness (QED) is 0.830. The summed E-state index contributed by atoms with van der Waals surface area (Å²) in [7, 11) is 0. The van der Waals surface area contributed by atoms with Crippen LogP contribution in [0.1, 0.15) is 59.8 Å². The van der Waals surface area contributed by atoms with E-state index in [0.717, 1.165) is 13.1 Å². The lowest BCUT2D eigenvalue weighted by molar-refractivity contribution is -0.0388. The van der Waals surface area contributed by atoms with Gasteiger partial charge in [-0.3, -0.25) is 4.90 Å². The maximum Gasteiger partial charge on any atom is 0.0710 e. The van der Waals surface area contributed by atoms with Crippen LogP contribution in [0, 0.1) is 0 Å². The molecular weight excluding hydrogens is 236 g/mol. The van der Waals surface area contributed by atoms with E-state index in [2.05, 4.69) is 37.9 Å². The highest BCUT2D eigenvalue weighted by atomic mass is 16.5. The third kappa shape index (κ3) is 4.17. The number of hydrogen-bond donors (Lipinski definition) is 1. The average Bonchev–Trinajstić information content (AvgIpc) is 2.69. The highest BCUT2D eigenvalue weighted by molar-refractivity contribution is 4.89. The van der Waals surface area contributed by atoms with Gasteiger partial charge in [-0.2, -0.15) is 0 Å². The summed E-state index contributed by atoms with van der Waals surface area (Å²) in [5.41, 5.74) is 0.100. The molecule has 2 heterocycles. The van der Waals surface area contributed by atoms with Gasteiger partial charge in [0.2, 0.25) is 0 Å². The molecule has 0 aromatic rings. The molecule has 2 fully saturated rings. The van der Waals surface area contributed by atoms with Crippen LogP contribution < -0.4 is 5.32 Å². The number of piperazine rings is 1. The molecule has 0 bridgehead atoms. The van der Waals surface area contributed by atoms with Gasteiger partial charge < -0.3 is 10.1 Å². The molecule has 0 saturated carbocycles. The summed E-state index contributed by atoms with van der Waals surface area (Å²) in [6.07, 6.45) is 6.69. The molecule has 3 atom stereocenters. The fourth-order valence-corrected chi connectivity index (χ4v) is 3.56. The van der Waals surface area contributed by atoms with Crippen LogP contribution in [0.5, 0.6) is 0 Å². The first-order chi connectivity index (χ1) is 9.04. The highest BCUT2D eigenvalue weighted by Crippen LogP contribution is 2.30. The zero-order chi connectivity index (χ0) is 13.9. The van der Waals surface area contributed by atoms with Crippen LogP contribution in [0.3, 0.4) is 0 Å². The summed E-state index contributed by atoms with van der Waals surface area (Å²) >= 11 is 0. The molecule has 3 nitrogen and oxygen atoms in total. The van der Waals surface area contributed by atoms with E-state index in [0.29, 0.717) is 18.2 Å². The normalized spacial score (nSPS) is 35.7. The summed E-state index contributed by atoms with van der Waals surface area (Å²) in [6.45, 7) is 12.5. The molecule has 112 valence electrons. The van der Waals surface area contributed by atoms with E-state index in [9.17, 15) is 0 Å². The van der Waals surface area contributed by atoms with Crippen LogP contribution in [-0.2, 0) is 4.74 Å². The van der Waals surface area contributed by atoms with E-state index in [1.54, 1.807) is 0 Å². The number of nitrogens with one attached hydrogen (secondary N) is 1. The standard InChI is InChI=1S/C16H32N2O/c1-5-7-13-11-18(14(6-2)10-17-13)12-15-8-9-16(3,4)19-15/h13-15,17H,5-12H2,1-4H3. The third-order valence-electron chi connectivity index (χ3n) is 4.71. The van der Waals surface area contributed by atoms with Crippen LogP contribution in [0.15, 0.2) is 0 Å². The van der Waals surface area contributed by atoms with Crippen molar-refractivity contribution >= 4 is 0 Å². The Hall–Kier alpha value is -0.120. The molecule has 2 rings (SSSR count). The fraction of sp³-hybridized carbons (Fsp3) is 1.00. The Bertz CT molecular complexity index is 280. The van der Waals surface area contributed by atoms with Crippen molar-refractivity contribution in [2.75, 3.05) is 19.6 Å². The van der Waals surface area contributed by atoms with E-state index in [1.807, 2.05) is 0 Å². The molecule has 2 saturated heterocycles. The Morgan fingerprint density at radius 1 is 1.32 bits per heavy atom. The van der Waals surface area contributed by atoms with E-state index in [4.69, 9.17) is 4.74 Å². The smallest absolute Gasteiger partial charge is 0.0710 e. The number of nitrogens with zero attached hydrogens (tertiary/aromatic N) is 1. The molecule has 2 aliphatic rings. The van der Waals surface area contributed by atoms with Crippen LogP contribution >= 0.6 is 0 Å². The number of hydrogen-bond acceptors (Lipinski definition) is 3. The van der Waals surface area contributed by atoms with Gasteiger partial charge in [-0.1, -0.05) is 20.3 Å². The van der Waals surface area contributed by atoms with Crippen molar-refractivity contribution in [1.82, 2.24) is 10.2 Å². The molecule has 0 aromatic carbocycles. The van der Waals surface area contributed by atoms with Crippen molar-refractivity contribution < 1.29 is 4.74 Å². The first-order valence-corrected chi connectivity index (χ1v) is 8.19. The van der Waals surface area contributed by atoms with E-state index in [-0.39, 0.29) is 5.60 Å². The summed E-state index contributed by atoms with van der Waals surface area (Å²) < 4.78 is 6.18. The van der Waals surface area contributed by atoms with Crippen molar-refractivity contribution in [3.05, 3.63) is 0 Å². The third-order valence-corrected chi connectivity index (χ3v) is 4.71. The Kier molecular flexibility index (Phi) is 5.27. The van der Waals surface area contributed by atoms with E-state index >= 15 is 0 Å². The van der Waals surface area contributed by atoms with Gasteiger partial charge in [0.1, 0.15) is 0 Å². The number of rotatable bonds is 5. The summed E-state index contributed by atoms with van der Waals surface area (Å²) in [5, 5.41) is 3.71. The van der Waals surface area contributed by atoms with Crippen molar-refractivity contribution in [3.63, 3.8) is 0 Å². The molecule has 0 amide bonds. The predicted octanol–water partition coefficient (Wildman–Crippen LogP) is 2.80. The minimum absolute atomic E-state index is 0.100. The van der Waals surface area contributed by atoms with Gasteiger partial charge in [0.15, 0.2) is 0 Å². The van der Waals surface area contributed by atoms with Gasteiger partial charge >= 0.3 is 0 Å². The Balaban J connectivity index is 1.88. The van der Waals surface area contributed by atoms with Crippen molar-refractivity contribution in [3.8, 4) is 0 Å². The minimum Gasteiger partial charge on any atom is -0.371 e. The first kappa shape index (κ1) is 15.3. The van der Waals surface area contributed by atoms with Crippen molar-refractivity contribution in [1.29, 1.82) is 0 Å². The van der Waals surface area contributed by atoms with Gasteiger partial charge in [0.25, 0.3) is 0 Å². The fourth-order valence-electron chi connectivity index (χ4n) is 3.56. The first-order valence-electron chi connectivity index (χ1n) is 8.19. The molecular formula is C16H32N2O. The Labute approximate surface area is 119 Å². The van der Waals surface area contributed by atoms with Crippen LogP contribution in [0.25, 0.3) is 0 Å². The van der Waals surface area contributed by atoms with Gasteiger partial charge in [-0.05, 0) is 39.5 Å². The summed E-state index contributed by atoms with van der Waals surface area (Å²) in [5.74, 6) is 0. The van der Waals surface area contributed by atoms with Gasteiger partial charge in [0, 0.05) is 31.7 Å². The molecule has 0 aromatic heterocycles. The van der Waals surface area contributed by atoms with Crippen molar-refractivity contribution in [2.45, 2.75) is 83.6 Å². The molecule has 0 radical (unpaired) electrons. The van der Waals surface area contributed by atoms with Crippen LogP contribution in [-0.4, -0.2) is 48.3 Å². The maximum atomic E-state index is 6.18. The van der Waals surface area contributed by atoms with E-state index in [1.165, 1.54) is 38.6 Å². The Morgan fingerprint density at radius 2 is 2.11 bits per heavy atom. The summed E-state index contributed by atoms with van der Waals surface area (Å²) in [4.78, 5) is 2.68. The van der Waals surface area contributed by atoms with Crippen LogP contribution in [0.2, 0.25) is 0 Å². The largest absolute Gasteiger partial charge is 0.371 e. The SMILES string of the molecule is CCCC1CN(CC2CCC(C)(C)O2)C(CC)CN1. The zero-order valence-electron chi connectivity index (χ0n) is 13.2. The lowest BCUT2D eigenvalue weighted by Gasteiger charge is -2.41. The second kappa shape index (κ2) is 6.55. The average molecular weight is 268 g/mol. The Morgan fingerprint density at radius 3 is 2.68 bits per heavy atom. The summed E-state index contributed by atoms with van der Waals surface area (Å²) in [6, 6.07) is 1.38.